The number of carbonyl (C=O) groups is 1. The molecule has 1 aromatic carbocycles. The van der Waals surface area contributed by atoms with Gasteiger partial charge < -0.3 is 0 Å². The molecular weight excluding hydrogens is 289 g/mol. The second-order valence-electron chi connectivity index (χ2n) is 6.41. The van der Waals surface area contributed by atoms with Crippen LogP contribution in [0.3, 0.4) is 0 Å². The van der Waals surface area contributed by atoms with Crippen LogP contribution in [0.2, 0.25) is 0 Å². The Balaban J connectivity index is 1.88. The number of halogens is 3. The Bertz CT molecular complexity index is 496. The van der Waals surface area contributed by atoms with E-state index in [-0.39, 0.29) is 17.3 Å². The van der Waals surface area contributed by atoms with E-state index in [0.29, 0.717) is 6.42 Å². The molecule has 0 spiro atoms. The van der Waals surface area contributed by atoms with Gasteiger partial charge in [-0.1, -0.05) is 39.0 Å². The fourth-order valence-corrected chi connectivity index (χ4v) is 3.31. The molecule has 0 bridgehead atoms. The van der Waals surface area contributed by atoms with Gasteiger partial charge in [-0.25, -0.2) is 13.2 Å². The van der Waals surface area contributed by atoms with Gasteiger partial charge in [-0.3, -0.25) is 4.79 Å². The quantitative estimate of drug-likeness (QED) is 0.488. The van der Waals surface area contributed by atoms with E-state index in [1.54, 1.807) is 0 Å². The minimum atomic E-state index is -1.52. The molecule has 1 aromatic rings. The van der Waals surface area contributed by atoms with Gasteiger partial charge in [-0.15, -0.1) is 0 Å². The molecule has 0 aromatic heterocycles. The molecule has 2 rings (SSSR count). The Morgan fingerprint density at radius 3 is 2.14 bits per heavy atom. The van der Waals surface area contributed by atoms with Crippen molar-refractivity contribution in [3.8, 4) is 0 Å². The fraction of sp³-hybridized carbons (Fsp3) is 0.611. The molecule has 0 amide bonds. The zero-order valence-corrected chi connectivity index (χ0v) is 13.0. The lowest BCUT2D eigenvalue weighted by molar-refractivity contribution is 0.0940. The van der Waals surface area contributed by atoms with Crippen LogP contribution in [0.1, 0.15) is 68.6 Å². The van der Waals surface area contributed by atoms with Crippen LogP contribution in [0.25, 0.3) is 0 Å². The first-order valence-corrected chi connectivity index (χ1v) is 8.19. The van der Waals surface area contributed by atoms with Crippen LogP contribution in [0.4, 0.5) is 13.2 Å². The minimum absolute atomic E-state index is 0.0653. The summed E-state index contributed by atoms with van der Waals surface area (Å²) in [5.41, 5.74) is -0.0653. The van der Waals surface area contributed by atoms with Gasteiger partial charge in [0, 0.05) is 12.0 Å². The largest absolute Gasteiger partial charge is 0.294 e. The second kappa shape index (κ2) is 7.80. The monoisotopic (exact) mass is 312 g/mol. The molecule has 0 saturated heterocycles. The van der Waals surface area contributed by atoms with Crippen molar-refractivity contribution < 1.29 is 18.0 Å². The van der Waals surface area contributed by atoms with Crippen LogP contribution < -0.4 is 0 Å². The van der Waals surface area contributed by atoms with E-state index >= 15 is 0 Å². The number of rotatable bonds is 6. The molecule has 122 valence electrons. The molecule has 0 unspecified atom stereocenters. The normalized spacial score (nSPS) is 21.8. The van der Waals surface area contributed by atoms with Gasteiger partial charge in [0.25, 0.3) is 0 Å². The molecule has 0 radical (unpaired) electrons. The fourth-order valence-electron chi connectivity index (χ4n) is 3.31. The van der Waals surface area contributed by atoms with Gasteiger partial charge in [0.2, 0.25) is 0 Å². The minimum Gasteiger partial charge on any atom is -0.294 e. The van der Waals surface area contributed by atoms with E-state index < -0.39 is 17.5 Å². The third-order valence-electron chi connectivity index (χ3n) is 4.71. The molecule has 0 aliphatic heterocycles. The summed E-state index contributed by atoms with van der Waals surface area (Å²) < 4.78 is 39.3. The Hall–Kier alpha value is -1.32. The van der Waals surface area contributed by atoms with Crippen molar-refractivity contribution in [2.24, 2.45) is 11.8 Å². The van der Waals surface area contributed by atoms with Crippen LogP contribution in [0.15, 0.2) is 12.1 Å². The summed E-state index contributed by atoms with van der Waals surface area (Å²) in [5.74, 6) is -3.38. The van der Waals surface area contributed by atoms with Crippen molar-refractivity contribution in [2.75, 3.05) is 0 Å². The molecule has 4 heteroatoms. The Kier molecular flexibility index (Phi) is 6.04. The van der Waals surface area contributed by atoms with E-state index in [0.717, 1.165) is 43.7 Å². The van der Waals surface area contributed by atoms with Crippen LogP contribution in [0, 0.1) is 29.3 Å². The molecule has 1 aliphatic rings. The van der Waals surface area contributed by atoms with Crippen molar-refractivity contribution in [2.45, 2.75) is 58.3 Å². The summed E-state index contributed by atoms with van der Waals surface area (Å²) >= 11 is 0. The van der Waals surface area contributed by atoms with Crippen LogP contribution in [-0.4, -0.2) is 5.78 Å². The van der Waals surface area contributed by atoms with Crippen molar-refractivity contribution in [3.05, 3.63) is 35.1 Å². The number of unbranched alkanes of at least 4 members (excludes halogenated alkanes) is 1. The third kappa shape index (κ3) is 4.34. The van der Waals surface area contributed by atoms with E-state index in [2.05, 4.69) is 6.92 Å². The van der Waals surface area contributed by atoms with Gasteiger partial charge in [-0.05, 0) is 36.8 Å². The summed E-state index contributed by atoms with van der Waals surface area (Å²) in [7, 11) is 0. The molecule has 1 aliphatic carbocycles. The zero-order chi connectivity index (χ0) is 16.1. The van der Waals surface area contributed by atoms with E-state index in [1.165, 1.54) is 19.3 Å². The number of hydrogen-bond donors (Lipinski definition) is 0. The zero-order valence-electron chi connectivity index (χ0n) is 13.0. The highest BCUT2D eigenvalue weighted by Gasteiger charge is 2.24. The van der Waals surface area contributed by atoms with Gasteiger partial charge in [0.15, 0.2) is 23.2 Å². The van der Waals surface area contributed by atoms with Gasteiger partial charge in [-0.2, -0.15) is 0 Å². The Morgan fingerprint density at radius 1 is 1.05 bits per heavy atom. The highest BCUT2D eigenvalue weighted by Crippen LogP contribution is 2.34. The van der Waals surface area contributed by atoms with E-state index in [1.807, 2.05) is 0 Å². The summed E-state index contributed by atoms with van der Waals surface area (Å²) in [6, 6.07) is 1.60. The molecule has 1 fully saturated rings. The molecular formula is C18H23F3O. The third-order valence-corrected chi connectivity index (χ3v) is 4.71. The topological polar surface area (TPSA) is 17.1 Å². The number of carbonyl (C=O) groups excluding carboxylic acids is 1. The Morgan fingerprint density at radius 2 is 1.59 bits per heavy atom. The van der Waals surface area contributed by atoms with Crippen molar-refractivity contribution in [1.29, 1.82) is 0 Å². The number of hydrogen-bond acceptors (Lipinski definition) is 1. The molecule has 0 atom stereocenters. The lowest BCUT2D eigenvalue weighted by Crippen LogP contribution is -2.18. The van der Waals surface area contributed by atoms with Crippen molar-refractivity contribution >= 4 is 5.78 Å². The standard InChI is InChI=1S/C18H23F3O/c1-2-3-4-12-5-7-13(8-6-12)9-17(22)14-10-15(19)18(21)16(20)11-14/h10-13H,2-9H2,1H3/t12-,13-. The Labute approximate surface area is 129 Å². The average Bonchev–Trinajstić information content (AvgIpc) is 2.51. The first-order valence-electron chi connectivity index (χ1n) is 8.19. The van der Waals surface area contributed by atoms with E-state index in [4.69, 9.17) is 0 Å². The van der Waals surface area contributed by atoms with Gasteiger partial charge >= 0.3 is 0 Å². The van der Waals surface area contributed by atoms with Crippen LogP contribution >= 0.6 is 0 Å². The number of benzene rings is 1. The maximum Gasteiger partial charge on any atom is 0.194 e. The average molecular weight is 312 g/mol. The predicted molar refractivity (Wildman–Crippen MR) is 80.2 cm³/mol. The molecule has 1 saturated carbocycles. The molecule has 22 heavy (non-hydrogen) atoms. The highest BCUT2D eigenvalue weighted by molar-refractivity contribution is 5.96. The summed E-state index contributed by atoms with van der Waals surface area (Å²) in [6.07, 6.45) is 8.26. The number of ketones is 1. The van der Waals surface area contributed by atoms with Crippen LogP contribution in [0.5, 0.6) is 0 Å². The summed E-state index contributed by atoms with van der Waals surface area (Å²) in [4.78, 5) is 12.1. The summed E-state index contributed by atoms with van der Waals surface area (Å²) in [6.45, 7) is 2.19. The van der Waals surface area contributed by atoms with Crippen molar-refractivity contribution in [1.82, 2.24) is 0 Å². The maximum absolute atomic E-state index is 13.2. The van der Waals surface area contributed by atoms with E-state index in [9.17, 15) is 18.0 Å². The highest BCUT2D eigenvalue weighted by atomic mass is 19.2. The lowest BCUT2D eigenvalue weighted by atomic mass is 9.77. The number of Topliss-reactive ketones (excluding diaryl/α,β-unsaturated/α-hetero) is 1. The first kappa shape index (κ1) is 17.0. The SMILES string of the molecule is CCCC[C@H]1CC[C@H](CC(=O)c2cc(F)c(F)c(F)c2)CC1. The smallest absolute Gasteiger partial charge is 0.194 e. The van der Waals surface area contributed by atoms with Crippen LogP contribution in [-0.2, 0) is 0 Å². The van der Waals surface area contributed by atoms with Gasteiger partial charge in [0.1, 0.15) is 0 Å². The summed E-state index contributed by atoms with van der Waals surface area (Å²) in [5, 5.41) is 0. The lowest BCUT2D eigenvalue weighted by Gasteiger charge is -2.28. The molecule has 0 heterocycles. The van der Waals surface area contributed by atoms with Crippen molar-refractivity contribution in [3.63, 3.8) is 0 Å². The maximum atomic E-state index is 13.2. The molecule has 1 nitrogen and oxygen atoms in total. The molecule has 0 N–H and O–H groups in total. The first-order chi connectivity index (χ1) is 10.5. The predicted octanol–water partition coefficient (Wildman–Crippen LogP) is 5.67. The van der Waals surface area contributed by atoms with Gasteiger partial charge in [0.05, 0.1) is 0 Å². The second-order valence-corrected chi connectivity index (χ2v) is 6.41.